The number of rotatable bonds is 6. The van der Waals surface area contributed by atoms with Crippen LogP contribution in [0.5, 0.6) is 0 Å². The van der Waals surface area contributed by atoms with Crippen LogP contribution in [-0.2, 0) is 4.79 Å². The minimum atomic E-state index is -1.13. The van der Waals surface area contributed by atoms with Gasteiger partial charge in [0.25, 0.3) is 0 Å². The van der Waals surface area contributed by atoms with Gasteiger partial charge in [0.1, 0.15) is 5.76 Å². The second kappa shape index (κ2) is 6.33. The van der Waals surface area contributed by atoms with Crippen LogP contribution in [0.3, 0.4) is 0 Å². The van der Waals surface area contributed by atoms with Crippen LogP contribution in [0.15, 0.2) is 44.5 Å². The van der Waals surface area contributed by atoms with E-state index in [0.717, 1.165) is 11.8 Å². The predicted octanol–water partition coefficient (Wildman–Crippen LogP) is 2.54. The van der Waals surface area contributed by atoms with E-state index in [0.29, 0.717) is 10.9 Å². The zero-order valence-corrected chi connectivity index (χ0v) is 11.5. The first kappa shape index (κ1) is 14.3. The highest BCUT2D eigenvalue weighted by Crippen LogP contribution is 2.21. The van der Waals surface area contributed by atoms with E-state index in [9.17, 15) is 9.59 Å². The van der Waals surface area contributed by atoms with Gasteiger partial charge in [-0.3, -0.25) is 4.79 Å². The molecule has 1 amide bonds. The van der Waals surface area contributed by atoms with E-state index in [1.54, 1.807) is 18.4 Å². The van der Waals surface area contributed by atoms with Crippen molar-refractivity contribution in [2.45, 2.75) is 18.1 Å². The molecule has 1 atom stereocenters. The number of carboxylic acid groups (broad SMARTS) is 1. The minimum Gasteiger partial charge on any atom is -0.475 e. The fourth-order valence-electron chi connectivity index (χ4n) is 1.54. The highest BCUT2D eigenvalue weighted by atomic mass is 32.2. The van der Waals surface area contributed by atoms with Gasteiger partial charge < -0.3 is 19.3 Å². The van der Waals surface area contributed by atoms with Crippen LogP contribution < -0.4 is 5.32 Å². The van der Waals surface area contributed by atoms with E-state index in [1.165, 1.54) is 12.1 Å². The average Bonchev–Trinajstić information content (AvgIpc) is 3.07. The molecule has 6 nitrogen and oxygen atoms in total. The first-order chi connectivity index (χ1) is 9.56. The number of carboxylic acids is 1. The second-order valence-electron chi connectivity index (χ2n) is 4.02. The Hall–Kier alpha value is -2.15. The third kappa shape index (κ3) is 3.67. The maximum Gasteiger partial charge on any atom is 0.371 e. The van der Waals surface area contributed by atoms with Crippen molar-refractivity contribution in [3.8, 4) is 0 Å². The van der Waals surface area contributed by atoms with Crippen LogP contribution in [0.2, 0.25) is 0 Å². The van der Waals surface area contributed by atoms with Gasteiger partial charge >= 0.3 is 5.97 Å². The molecule has 2 rings (SSSR count). The summed E-state index contributed by atoms with van der Waals surface area (Å²) in [5.41, 5.74) is 0. The summed E-state index contributed by atoms with van der Waals surface area (Å²) in [5, 5.41) is 11.9. The summed E-state index contributed by atoms with van der Waals surface area (Å²) in [6.07, 6.45) is 1.54. The molecule has 0 fully saturated rings. The average molecular weight is 295 g/mol. The molecule has 2 heterocycles. The molecule has 0 aliphatic rings. The number of amides is 1. The SMILES string of the molecule is CC(NC(=O)CSc1ccc(C(=O)O)o1)c1ccco1. The number of nitrogens with one attached hydrogen (secondary N) is 1. The number of furan rings is 2. The Morgan fingerprint density at radius 2 is 2.20 bits per heavy atom. The Labute approximate surface area is 119 Å². The zero-order chi connectivity index (χ0) is 14.5. The number of carbonyl (C=O) groups excluding carboxylic acids is 1. The number of carbonyl (C=O) groups is 2. The molecule has 0 aliphatic heterocycles. The lowest BCUT2D eigenvalue weighted by Crippen LogP contribution is -2.27. The first-order valence-electron chi connectivity index (χ1n) is 5.85. The van der Waals surface area contributed by atoms with Gasteiger partial charge in [-0.05, 0) is 31.2 Å². The second-order valence-corrected chi connectivity index (χ2v) is 5.00. The molecule has 1 unspecified atom stereocenters. The molecule has 0 bridgehead atoms. The summed E-state index contributed by atoms with van der Waals surface area (Å²) < 4.78 is 10.2. The van der Waals surface area contributed by atoms with Crippen molar-refractivity contribution < 1.29 is 23.5 Å². The summed E-state index contributed by atoms with van der Waals surface area (Å²) in [6, 6.07) is 6.20. The van der Waals surface area contributed by atoms with Gasteiger partial charge in [-0.25, -0.2) is 4.79 Å². The molecule has 106 valence electrons. The molecule has 0 aromatic carbocycles. The molecule has 2 aromatic rings. The van der Waals surface area contributed by atoms with Crippen LogP contribution >= 0.6 is 11.8 Å². The van der Waals surface area contributed by atoms with Crippen molar-refractivity contribution in [3.63, 3.8) is 0 Å². The van der Waals surface area contributed by atoms with E-state index >= 15 is 0 Å². The van der Waals surface area contributed by atoms with Crippen molar-refractivity contribution in [3.05, 3.63) is 42.0 Å². The summed E-state index contributed by atoms with van der Waals surface area (Å²) in [4.78, 5) is 22.4. The van der Waals surface area contributed by atoms with Gasteiger partial charge in [0.05, 0.1) is 18.1 Å². The fourth-order valence-corrected chi connectivity index (χ4v) is 2.21. The van der Waals surface area contributed by atoms with E-state index in [4.69, 9.17) is 13.9 Å². The Kier molecular flexibility index (Phi) is 4.52. The van der Waals surface area contributed by atoms with Gasteiger partial charge in [-0.2, -0.15) is 0 Å². The van der Waals surface area contributed by atoms with E-state index < -0.39 is 5.97 Å². The summed E-state index contributed by atoms with van der Waals surface area (Å²) >= 11 is 1.13. The van der Waals surface area contributed by atoms with Gasteiger partial charge in [0.2, 0.25) is 11.7 Å². The van der Waals surface area contributed by atoms with Crippen molar-refractivity contribution in [1.29, 1.82) is 0 Å². The zero-order valence-electron chi connectivity index (χ0n) is 10.7. The lowest BCUT2D eigenvalue weighted by molar-refractivity contribution is -0.119. The molecule has 0 spiro atoms. The molecule has 2 aromatic heterocycles. The normalized spacial score (nSPS) is 12.1. The number of thioether (sulfide) groups is 1. The molecule has 2 N–H and O–H groups in total. The van der Waals surface area contributed by atoms with Gasteiger partial charge in [-0.1, -0.05) is 11.8 Å². The number of hydrogen-bond acceptors (Lipinski definition) is 5. The Bertz CT molecular complexity index is 590. The molecule has 0 aliphatic carbocycles. The molecule has 20 heavy (non-hydrogen) atoms. The van der Waals surface area contributed by atoms with Gasteiger partial charge in [0, 0.05) is 0 Å². The van der Waals surface area contributed by atoms with Crippen molar-refractivity contribution in [2.24, 2.45) is 0 Å². The molecular formula is C13H13NO5S. The van der Waals surface area contributed by atoms with Crippen LogP contribution in [0.25, 0.3) is 0 Å². The minimum absolute atomic E-state index is 0.137. The van der Waals surface area contributed by atoms with Crippen LogP contribution in [-0.4, -0.2) is 22.7 Å². The molecule has 7 heteroatoms. The lowest BCUT2D eigenvalue weighted by Gasteiger charge is -2.10. The van der Waals surface area contributed by atoms with Crippen molar-refractivity contribution in [2.75, 3.05) is 5.75 Å². The maximum absolute atomic E-state index is 11.7. The Morgan fingerprint density at radius 3 is 2.80 bits per heavy atom. The number of aromatic carboxylic acids is 1. The highest BCUT2D eigenvalue weighted by Gasteiger charge is 2.14. The first-order valence-corrected chi connectivity index (χ1v) is 6.83. The fraction of sp³-hybridized carbons (Fsp3) is 0.231. The monoisotopic (exact) mass is 295 g/mol. The smallest absolute Gasteiger partial charge is 0.371 e. The Balaban J connectivity index is 1.81. The molecule has 0 saturated heterocycles. The highest BCUT2D eigenvalue weighted by molar-refractivity contribution is 7.99. The van der Waals surface area contributed by atoms with E-state index in [2.05, 4.69) is 5.32 Å². The molecular weight excluding hydrogens is 282 g/mol. The largest absolute Gasteiger partial charge is 0.475 e. The van der Waals surface area contributed by atoms with Crippen molar-refractivity contribution >= 4 is 23.6 Å². The van der Waals surface area contributed by atoms with Crippen LogP contribution in [0.1, 0.15) is 29.3 Å². The quantitative estimate of drug-likeness (QED) is 0.795. The van der Waals surface area contributed by atoms with Gasteiger partial charge in [-0.15, -0.1) is 0 Å². The lowest BCUT2D eigenvalue weighted by atomic mass is 10.2. The predicted molar refractivity (Wildman–Crippen MR) is 71.7 cm³/mol. The van der Waals surface area contributed by atoms with Crippen LogP contribution in [0, 0.1) is 0 Å². The molecule has 0 radical (unpaired) electrons. The summed E-state index contributed by atoms with van der Waals surface area (Å²) in [6.45, 7) is 1.82. The third-order valence-electron chi connectivity index (χ3n) is 2.49. The maximum atomic E-state index is 11.7. The van der Waals surface area contributed by atoms with Gasteiger partial charge in [0.15, 0.2) is 5.09 Å². The molecule has 0 saturated carbocycles. The summed E-state index contributed by atoms with van der Waals surface area (Å²) in [7, 11) is 0. The third-order valence-corrected chi connectivity index (χ3v) is 3.40. The standard InChI is InChI=1S/C13H13NO5S/c1-8(9-3-2-6-18-9)14-11(15)7-20-12-5-4-10(19-12)13(16)17/h2-6,8H,7H2,1H3,(H,14,15)(H,16,17). The number of hydrogen-bond donors (Lipinski definition) is 2. The summed E-state index contributed by atoms with van der Waals surface area (Å²) in [5.74, 6) is -0.649. The van der Waals surface area contributed by atoms with Crippen LogP contribution in [0.4, 0.5) is 0 Å². The van der Waals surface area contributed by atoms with Crippen molar-refractivity contribution in [1.82, 2.24) is 5.32 Å². The van der Waals surface area contributed by atoms with E-state index in [1.807, 2.05) is 6.92 Å². The topological polar surface area (TPSA) is 92.7 Å². The Morgan fingerprint density at radius 1 is 1.40 bits per heavy atom. The van der Waals surface area contributed by atoms with E-state index in [-0.39, 0.29) is 23.5 Å².